The normalized spacial score (nSPS) is 17.9. The van der Waals surface area contributed by atoms with Crippen molar-refractivity contribution < 1.29 is 4.74 Å². The largest absolute Gasteiger partial charge is 0.376 e. The van der Waals surface area contributed by atoms with E-state index >= 15 is 0 Å². The molecule has 0 amide bonds. The molecule has 1 heterocycles. The Bertz CT molecular complexity index is 464. The first-order valence-corrected chi connectivity index (χ1v) is 7.97. The van der Waals surface area contributed by atoms with Crippen LogP contribution in [0.3, 0.4) is 0 Å². The van der Waals surface area contributed by atoms with Gasteiger partial charge in [-0.1, -0.05) is 29.8 Å². The van der Waals surface area contributed by atoms with Crippen molar-refractivity contribution in [1.82, 2.24) is 10.6 Å². The van der Waals surface area contributed by atoms with Crippen LogP contribution in [0.25, 0.3) is 0 Å². The quantitative estimate of drug-likeness (QED) is 0.311. The van der Waals surface area contributed by atoms with Crippen LogP contribution in [0.2, 0.25) is 5.02 Å². The zero-order chi connectivity index (χ0) is 14.9. The maximum Gasteiger partial charge on any atom is 0.191 e. The summed E-state index contributed by atoms with van der Waals surface area (Å²) in [5, 5.41) is 7.48. The Labute approximate surface area is 155 Å². The SMILES string of the molecule is CN=C(NCCCc1ccccc1Cl)NCC1CCCO1.I. The van der Waals surface area contributed by atoms with Gasteiger partial charge in [-0.2, -0.15) is 0 Å². The number of hydrogen-bond donors (Lipinski definition) is 2. The standard InChI is InChI=1S/C16H24ClN3O.HI/c1-18-16(20-12-14-8-5-11-21-14)19-10-4-7-13-6-2-3-9-15(13)17;/h2-3,6,9,14H,4-5,7-8,10-12H2,1H3,(H2,18,19,20);1H. The van der Waals surface area contributed by atoms with Crippen LogP contribution in [-0.4, -0.2) is 38.8 Å². The molecule has 2 rings (SSSR count). The van der Waals surface area contributed by atoms with Crippen molar-refractivity contribution in [3.8, 4) is 0 Å². The van der Waals surface area contributed by atoms with Crippen LogP contribution in [0.15, 0.2) is 29.3 Å². The number of aryl methyl sites for hydroxylation is 1. The van der Waals surface area contributed by atoms with Crippen molar-refractivity contribution in [3.05, 3.63) is 34.9 Å². The molecule has 1 aliphatic rings. The summed E-state index contributed by atoms with van der Waals surface area (Å²) in [5.74, 6) is 0.838. The van der Waals surface area contributed by atoms with E-state index in [1.807, 2.05) is 18.2 Å². The molecule has 1 atom stereocenters. The summed E-state index contributed by atoms with van der Waals surface area (Å²) in [4.78, 5) is 4.22. The molecule has 1 aromatic carbocycles. The van der Waals surface area contributed by atoms with E-state index in [1.165, 1.54) is 5.56 Å². The molecular formula is C16H25ClIN3O. The third kappa shape index (κ3) is 6.71. The van der Waals surface area contributed by atoms with E-state index in [2.05, 4.69) is 21.7 Å². The van der Waals surface area contributed by atoms with Crippen molar-refractivity contribution in [1.29, 1.82) is 0 Å². The smallest absolute Gasteiger partial charge is 0.191 e. The van der Waals surface area contributed by atoms with Crippen molar-refractivity contribution in [2.24, 2.45) is 4.99 Å². The van der Waals surface area contributed by atoms with Gasteiger partial charge in [0.15, 0.2) is 5.96 Å². The first-order valence-electron chi connectivity index (χ1n) is 7.59. The second kappa shape index (κ2) is 11.1. The van der Waals surface area contributed by atoms with E-state index in [-0.39, 0.29) is 24.0 Å². The Morgan fingerprint density at radius 1 is 1.36 bits per heavy atom. The molecular weight excluding hydrogens is 413 g/mol. The number of nitrogens with one attached hydrogen (secondary N) is 2. The summed E-state index contributed by atoms with van der Waals surface area (Å²) in [6.45, 7) is 2.58. The predicted molar refractivity (Wildman–Crippen MR) is 104 cm³/mol. The molecule has 1 aliphatic heterocycles. The minimum absolute atomic E-state index is 0. The molecule has 1 unspecified atom stereocenters. The zero-order valence-electron chi connectivity index (χ0n) is 13.0. The third-order valence-electron chi connectivity index (χ3n) is 3.62. The van der Waals surface area contributed by atoms with Crippen LogP contribution >= 0.6 is 35.6 Å². The molecule has 0 aromatic heterocycles. The van der Waals surface area contributed by atoms with Crippen LogP contribution in [-0.2, 0) is 11.2 Å². The van der Waals surface area contributed by atoms with E-state index in [1.54, 1.807) is 7.05 Å². The minimum Gasteiger partial charge on any atom is -0.376 e. The molecule has 1 fully saturated rings. The molecule has 0 radical (unpaired) electrons. The first-order chi connectivity index (χ1) is 10.3. The molecule has 2 N–H and O–H groups in total. The fourth-order valence-corrected chi connectivity index (χ4v) is 2.65. The number of rotatable bonds is 6. The van der Waals surface area contributed by atoms with E-state index < -0.39 is 0 Å². The van der Waals surface area contributed by atoms with Crippen molar-refractivity contribution in [2.45, 2.75) is 31.8 Å². The first kappa shape index (κ1) is 19.5. The van der Waals surface area contributed by atoms with E-state index in [4.69, 9.17) is 16.3 Å². The molecule has 0 bridgehead atoms. The van der Waals surface area contributed by atoms with Crippen LogP contribution in [0.1, 0.15) is 24.8 Å². The lowest BCUT2D eigenvalue weighted by atomic mass is 10.1. The topological polar surface area (TPSA) is 45.7 Å². The van der Waals surface area contributed by atoms with Crippen LogP contribution < -0.4 is 10.6 Å². The van der Waals surface area contributed by atoms with Gasteiger partial charge in [-0.3, -0.25) is 4.99 Å². The Kier molecular flexibility index (Phi) is 9.82. The number of ether oxygens (including phenoxy) is 1. The minimum atomic E-state index is 0. The Balaban J connectivity index is 0.00000242. The summed E-state index contributed by atoms with van der Waals surface area (Å²) in [6.07, 6.45) is 4.61. The highest BCUT2D eigenvalue weighted by Crippen LogP contribution is 2.16. The molecule has 1 aromatic rings. The van der Waals surface area contributed by atoms with E-state index in [9.17, 15) is 0 Å². The van der Waals surface area contributed by atoms with Gasteiger partial charge in [0.25, 0.3) is 0 Å². The van der Waals surface area contributed by atoms with Gasteiger partial charge >= 0.3 is 0 Å². The van der Waals surface area contributed by atoms with Crippen molar-refractivity contribution in [3.63, 3.8) is 0 Å². The Morgan fingerprint density at radius 2 is 2.18 bits per heavy atom. The maximum absolute atomic E-state index is 6.15. The van der Waals surface area contributed by atoms with E-state index in [0.29, 0.717) is 6.10 Å². The molecule has 1 saturated heterocycles. The highest BCUT2D eigenvalue weighted by molar-refractivity contribution is 14.0. The fraction of sp³-hybridized carbons (Fsp3) is 0.562. The van der Waals surface area contributed by atoms with Gasteiger partial charge in [-0.15, -0.1) is 24.0 Å². The number of nitrogens with zero attached hydrogens (tertiary/aromatic N) is 1. The van der Waals surface area contributed by atoms with Gasteiger partial charge in [-0.25, -0.2) is 0 Å². The average molecular weight is 438 g/mol. The lowest BCUT2D eigenvalue weighted by molar-refractivity contribution is 0.114. The van der Waals surface area contributed by atoms with E-state index in [0.717, 1.165) is 56.4 Å². The van der Waals surface area contributed by atoms with Gasteiger partial charge in [0, 0.05) is 31.8 Å². The third-order valence-corrected chi connectivity index (χ3v) is 3.99. The fourth-order valence-electron chi connectivity index (χ4n) is 2.42. The second-order valence-corrected chi connectivity index (χ2v) is 5.62. The number of benzene rings is 1. The van der Waals surface area contributed by atoms with Gasteiger partial charge in [0.2, 0.25) is 0 Å². The Hall–Kier alpha value is -0.530. The average Bonchev–Trinajstić information content (AvgIpc) is 3.01. The molecule has 22 heavy (non-hydrogen) atoms. The Morgan fingerprint density at radius 3 is 2.86 bits per heavy atom. The molecule has 0 spiro atoms. The van der Waals surface area contributed by atoms with Gasteiger partial charge in [0.05, 0.1) is 6.10 Å². The predicted octanol–water partition coefficient (Wildman–Crippen LogP) is 3.23. The summed E-state index contributed by atoms with van der Waals surface area (Å²) >= 11 is 6.15. The van der Waals surface area contributed by atoms with Crippen LogP contribution in [0, 0.1) is 0 Å². The molecule has 4 nitrogen and oxygen atoms in total. The number of aliphatic imine (C=N–C) groups is 1. The van der Waals surface area contributed by atoms with Crippen molar-refractivity contribution >= 4 is 41.5 Å². The highest BCUT2D eigenvalue weighted by Gasteiger charge is 2.15. The van der Waals surface area contributed by atoms with Crippen LogP contribution in [0.5, 0.6) is 0 Å². The van der Waals surface area contributed by atoms with Gasteiger partial charge < -0.3 is 15.4 Å². The number of halogens is 2. The monoisotopic (exact) mass is 437 g/mol. The molecule has 6 heteroatoms. The summed E-state index contributed by atoms with van der Waals surface area (Å²) in [6, 6.07) is 8.00. The lowest BCUT2D eigenvalue weighted by Gasteiger charge is -2.15. The summed E-state index contributed by atoms with van der Waals surface area (Å²) in [5.41, 5.74) is 1.20. The molecule has 0 aliphatic carbocycles. The number of hydrogen-bond acceptors (Lipinski definition) is 2. The van der Waals surface area contributed by atoms with Crippen molar-refractivity contribution in [2.75, 3.05) is 26.7 Å². The zero-order valence-corrected chi connectivity index (χ0v) is 16.1. The summed E-state index contributed by atoms with van der Waals surface area (Å²) in [7, 11) is 1.79. The van der Waals surface area contributed by atoms with Gasteiger partial charge in [-0.05, 0) is 37.3 Å². The maximum atomic E-state index is 6.15. The second-order valence-electron chi connectivity index (χ2n) is 5.21. The summed E-state index contributed by atoms with van der Waals surface area (Å²) < 4.78 is 5.58. The molecule has 0 saturated carbocycles. The van der Waals surface area contributed by atoms with Gasteiger partial charge in [0.1, 0.15) is 0 Å². The van der Waals surface area contributed by atoms with Crippen LogP contribution in [0.4, 0.5) is 0 Å². The number of guanidine groups is 1. The highest BCUT2D eigenvalue weighted by atomic mass is 127. The lowest BCUT2D eigenvalue weighted by Crippen LogP contribution is -2.41. The molecule has 124 valence electrons.